The number of amides is 1. The van der Waals surface area contributed by atoms with Gasteiger partial charge in [-0.2, -0.15) is 5.10 Å². The molecule has 0 saturated carbocycles. The van der Waals surface area contributed by atoms with Crippen LogP contribution in [0.2, 0.25) is 0 Å². The van der Waals surface area contributed by atoms with Crippen LogP contribution in [0.5, 0.6) is 0 Å². The Bertz CT molecular complexity index is 1000. The average molecular weight is 393 g/mol. The van der Waals surface area contributed by atoms with Gasteiger partial charge in [0.15, 0.2) is 9.84 Å². The van der Waals surface area contributed by atoms with E-state index in [0.29, 0.717) is 12.0 Å². The lowest BCUT2D eigenvalue weighted by molar-refractivity contribution is 0.0696. The Morgan fingerprint density at radius 1 is 1.22 bits per heavy atom. The predicted molar refractivity (Wildman–Crippen MR) is 101 cm³/mol. The molecule has 0 fully saturated rings. The third kappa shape index (κ3) is 4.54. The minimum Gasteiger partial charge on any atom is -0.478 e. The number of sulfone groups is 1. The second kappa shape index (κ2) is 7.15. The molecular formula is C18H23N3O5S. The van der Waals surface area contributed by atoms with Crippen molar-refractivity contribution in [2.45, 2.75) is 44.6 Å². The minimum atomic E-state index is -3.64. The van der Waals surface area contributed by atoms with Gasteiger partial charge in [0.1, 0.15) is 0 Å². The van der Waals surface area contributed by atoms with E-state index in [1.165, 1.54) is 18.3 Å². The molecule has 2 rings (SSSR count). The summed E-state index contributed by atoms with van der Waals surface area (Å²) in [6, 6.07) is 3.51. The number of anilines is 1. The molecule has 1 heterocycles. The number of nitrogens with zero attached hydrogens (tertiary/aromatic N) is 2. The fourth-order valence-corrected chi connectivity index (χ4v) is 3.37. The Morgan fingerprint density at radius 3 is 2.33 bits per heavy atom. The van der Waals surface area contributed by atoms with E-state index in [-0.39, 0.29) is 21.7 Å². The number of carbonyl (C=O) groups is 2. The summed E-state index contributed by atoms with van der Waals surface area (Å²) in [5, 5.41) is 16.1. The molecule has 2 aromatic rings. The first-order valence-corrected chi connectivity index (χ1v) is 10.2. The topological polar surface area (TPSA) is 118 Å². The van der Waals surface area contributed by atoms with E-state index in [1.54, 1.807) is 4.68 Å². The molecule has 0 aliphatic heterocycles. The molecule has 27 heavy (non-hydrogen) atoms. The molecule has 9 heteroatoms. The van der Waals surface area contributed by atoms with Crippen molar-refractivity contribution in [1.82, 2.24) is 9.78 Å². The number of rotatable bonds is 5. The zero-order valence-corrected chi connectivity index (χ0v) is 16.7. The smallest absolute Gasteiger partial charge is 0.335 e. The largest absolute Gasteiger partial charge is 0.478 e. The maximum absolute atomic E-state index is 12.7. The highest BCUT2D eigenvalue weighted by molar-refractivity contribution is 7.90. The lowest BCUT2D eigenvalue weighted by atomic mass is 10.1. The van der Waals surface area contributed by atoms with Crippen molar-refractivity contribution in [3.05, 3.63) is 41.2 Å². The Kier molecular flexibility index (Phi) is 5.46. The molecule has 0 aliphatic rings. The first-order chi connectivity index (χ1) is 12.3. The van der Waals surface area contributed by atoms with Gasteiger partial charge >= 0.3 is 5.97 Å². The van der Waals surface area contributed by atoms with Gasteiger partial charge in [-0.25, -0.2) is 13.2 Å². The van der Waals surface area contributed by atoms with E-state index < -0.39 is 21.7 Å². The zero-order valence-electron chi connectivity index (χ0n) is 15.9. The Balaban J connectivity index is 2.46. The van der Waals surface area contributed by atoms with Crippen LogP contribution in [-0.2, 0) is 21.8 Å². The van der Waals surface area contributed by atoms with Gasteiger partial charge in [0.05, 0.1) is 33.5 Å². The van der Waals surface area contributed by atoms with Crippen LogP contribution >= 0.6 is 0 Å². The molecule has 146 valence electrons. The van der Waals surface area contributed by atoms with E-state index in [1.807, 2.05) is 27.7 Å². The van der Waals surface area contributed by atoms with Gasteiger partial charge < -0.3 is 10.4 Å². The maximum atomic E-state index is 12.7. The van der Waals surface area contributed by atoms with Crippen molar-refractivity contribution < 1.29 is 23.1 Å². The van der Waals surface area contributed by atoms with E-state index in [9.17, 15) is 23.1 Å². The van der Waals surface area contributed by atoms with Crippen molar-refractivity contribution >= 4 is 27.4 Å². The molecule has 0 atom stereocenters. The van der Waals surface area contributed by atoms with Crippen molar-refractivity contribution in [3.8, 4) is 0 Å². The summed E-state index contributed by atoms with van der Waals surface area (Å²) < 4.78 is 25.4. The van der Waals surface area contributed by atoms with Gasteiger partial charge in [0.25, 0.3) is 5.91 Å². The normalized spacial score (nSPS) is 12.0. The van der Waals surface area contributed by atoms with Gasteiger partial charge in [0.2, 0.25) is 0 Å². The molecule has 8 nitrogen and oxygen atoms in total. The van der Waals surface area contributed by atoms with Crippen molar-refractivity contribution in [1.29, 1.82) is 0 Å². The van der Waals surface area contributed by atoms with Crippen molar-refractivity contribution in [2.24, 2.45) is 0 Å². The molecule has 1 aromatic carbocycles. The summed E-state index contributed by atoms with van der Waals surface area (Å²) in [7, 11) is -3.64. The number of carbonyl (C=O) groups excluding carboxylic acids is 1. The number of carboxylic acids is 1. The number of carboxylic acid groups (broad SMARTS) is 1. The van der Waals surface area contributed by atoms with E-state index in [2.05, 4.69) is 10.4 Å². The molecule has 0 saturated heterocycles. The van der Waals surface area contributed by atoms with Crippen LogP contribution in [0.25, 0.3) is 0 Å². The fourth-order valence-electron chi connectivity index (χ4n) is 2.69. The first kappa shape index (κ1) is 20.6. The third-order valence-corrected chi connectivity index (χ3v) is 5.02. The highest BCUT2D eigenvalue weighted by Crippen LogP contribution is 2.23. The van der Waals surface area contributed by atoms with Crippen LogP contribution in [0.1, 0.15) is 54.1 Å². The summed E-state index contributed by atoms with van der Waals surface area (Å²) in [6.45, 7) is 7.81. The van der Waals surface area contributed by atoms with Crippen molar-refractivity contribution in [3.63, 3.8) is 0 Å². The molecule has 0 aliphatic carbocycles. The second-order valence-corrected chi connectivity index (χ2v) is 9.23. The molecule has 0 bridgehead atoms. The van der Waals surface area contributed by atoms with Crippen molar-refractivity contribution in [2.75, 3.05) is 11.6 Å². The first-order valence-electron chi connectivity index (χ1n) is 8.31. The summed E-state index contributed by atoms with van der Waals surface area (Å²) in [6.07, 6.45) is 3.00. The Labute approximate surface area is 158 Å². The lowest BCUT2D eigenvalue weighted by Gasteiger charge is -2.22. The lowest BCUT2D eigenvalue weighted by Crippen LogP contribution is -2.26. The molecule has 0 radical (unpaired) electrons. The summed E-state index contributed by atoms with van der Waals surface area (Å²) in [5.74, 6) is -1.77. The number of benzene rings is 1. The molecule has 2 N–H and O–H groups in total. The van der Waals surface area contributed by atoms with E-state index in [4.69, 9.17) is 0 Å². The molecule has 0 unspecified atom stereocenters. The molecule has 1 amide bonds. The fraction of sp³-hybridized carbons (Fsp3) is 0.389. The van der Waals surface area contributed by atoms with Gasteiger partial charge in [0, 0.05) is 11.9 Å². The predicted octanol–water partition coefficient (Wildman–Crippen LogP) is 2.55. The standard InChI is InChI=1S/C18H23N3O5S/c1-6-15-14(10-19-21(15)18(2,3)4)16(22)20-12-7-11(17(23)24)8-13(9-12)27(5,25)26/h7-10H,6H2,1-5H3,(H,20,22)(H,23,24). The summed E-state index contributed by atoms with van der Waals surface area (Å²) in [4.78, 5) is 23.8. The molecule has 1 aromatic heterocycles. The minimum absolute atomic E-state index is 0.0888. The quantitative estimate of drug-likeness (QED) is 0.806. The van der Waals surface area contributed by atoms with E-state index >= 15 is 0 Å². The Hall–Kier alpha value is -2.68. The zero-order chi connectivity index (χ0) is 20.6. The number of hydrogen-bond donors (Lipinski definition) is 2. The maximum Gasteiger partial charge on any atom is 0.335 e. The number of nitrogens with one attached hydrogen (secondary N) is 1. The van der Waals surface area contributed by atoms with E-state index in [0.717, 1.165) is 18.0 Å². The summed E-state index contributed by atoms with van der Waals surface area (Å²) in [5.41, 5.74) is 0.642. The third-order valence-electron chi connectivity index (χ3n) is 3.92. The van der Waals surface area contributed by atoms with Crippen LogP contribution < -0.4 is 5.32 Å². The van der Waals surface area contributed by atoms with Crippen LogP contribution in [0, 0.1) is 0 Å². The Morgan fingerprint density at radius 2 is 1.85 bits per heavy atom. The van der Waals surface area contributed by atoms with Crippen LogP contribution in [-0.4, -0.2) is 41.4 Å². The monoisotopic (exact) mass is 393 g/mol. The summed E-state index contributed by atoms with van der Waals surface area (Å²) >= 11 is 0. The van der Waals surface area contributed by atoms with Crippen LogP contribution in [0.4, 0.5) is 5.69 Å². The van der Waals surface area contributed by atoms with Gasteiger partial charge in [-0.05, 0) is 45.4 Å². The van der Waals surface area contributed by atoms with Gasteiger partial charge in [-0.1, -0.05) is 6.92 Å². The van der Waals surface area contributed by atoms with Gasteiger partial charge in [-0.3, -0.25) is 9.48 Å². The number of aromatic nitrogens is 2. The van der Waals surface area contributed by atoms with Gasteiger partial charge in [-0.15, -0.1) is 0 Å². The highest BCUT2D eigenvalue weighted by Gasteiger charge is 2.23. The number of aromatic carboxylic acids is 1. The van der Waals surface area contributed by atoms with Crippen LogP contribution in [0.3, 0.4) is 0 Å². The number of hydrogen-bond acceptors (Lipinski definition) is 5. The molecule has 0 spiro atoms. The SMILES string of the molecule is CCc1c(C(=O)Nc2cc(C(=O)O)cc(S(C)(=O)=O)c2)cnn1C(C)(C)C. The van der Waals surface area contributed by atoms with Crippen LogP contribution in [0.15, 0.2) is 29.3 Å². The second-order valence-electron chi connectivity index (χ2n) is 7.22. The average Bonchev–Trinajstić information content (AvgIpc) is 2.97. The molecular weight excluding hydrogens is 370 g/mol. The highest BCUT2D eigenvalue weighted by atomic mass is 32.2.